The fraction of sp³-hybridized carbons (Fsp3) is 0.0833. The second kappa shape index (κ2) is 5.75. The van der Waals surface area contributed by atoms with E-state index >= 15 is 0 Å². The van der Waals surface area contributed by atoms with E-state index in [4.69, 9.17) is 0 Å². The lowest BCUT2D eigenvalue weighted by atomic mass is 10.1. The van der Waals surface area contributed by atoms with Gasteiger partial charge >= 0.3 is 0 Å². The van der Waals surface area contributed by atoms with Crippen LogP contribution in [-0.2, 0) is 6.54 Å². The van der Waals surface area contributed by atoms with Gasteiger partial charge in [-0.15, -0.1) is 0 Å². The van der Waals surface area contributed by atoms with E-state index in [0.29, 0.717) is 9.13 Å². The molecular formula is C12H8BrIN2O2. The van der Waals surface area contributed by atoms with E-state index in [-0.39, 0.29) is 17.9 Å². The summed E-state index contributed by atoms with van der Waals surface area (Å²) < 4.78 is 2.64. The molecule has 0 amide bonds. The molecule has 2 aromatic rings. The molecule has 0 spiro atoms. The number of ketones is 1. The third-order valence-corrected chi connectivity index (χ3v) is 3.55. The molecule has 0 atom stereocenters. The van der Waals surface area contributed by atoms with Crippen molar-refractivity contribution in [1.29, 1.82) is 0 Å². The van der Waals surface area contributed by atoms with Gasteiger partial charge in [-0.05, 0) is 34.7 Å². The van der Waals surface area contributed by atoms with Crippen molar-refractivity contribution in [3.8, 4) is 0 Å². The Morgan fingerprint density at radius 2 is 2.22 bits per heavy atom. The van der Waals surface area contributed by atoms with E-state index in [1.165, 1.54) is 17.1 Å². The maximum Gasteiger partial charge on any atom is 0.267 e. The van der Waals surface area contributed by atoms with Crippen molar-refractivity contribution in [3.63, 3.8) is 0 Å². The largest absolute Gasteiger partial charge is 0.292 e. The molecular weight excluding hydrogens is 411 g/mol. The van der Waals surface area contributed by atoms with Gasteiger partial charge in [-0.3, -0.25) is 14.2 Å². The van der Waals surface area contributed by atoms with E-state index in [1.54, 1.807) is 18.2 Å². The Labute approximate surface area is 125 Å². The molecule has 0 aliphatic carbocycles. The molecule has 1 aromatic carbocycles. The Morgan fingerprint density at radius 1 is 1.44 bits per heavy atom. The summed E-state index contributed by atoms with van der Waals surface area (Å²) in [5, 5.41) is 0. The molecule has 0 radical (unpaired) electrons. The van der Waals surface area contributed by atoms with Gasteiger partial charge in [-0.25, -0.2) is 4.98 Å². The number of hydrogen-bond acceptors (Lipinski definition) is 3. The second-order valence-corrected chi connectivity index (χ2v) is 5.69. The Morgan fingerprint density at radius 3 is 2.94 bits per heavy atom. The molecule has 0 fully saturated rings. The summed E-state index contributed by atoms with van der Waals surface area (Å²) in [6.45, 7) is -0.000865. The number of halogens is 2. The van der Waals surface area contributed by atoms with E-state index in [2.05, 4.69) is 20.9 Å². The van der Waals surface area contributed by atoms with Crippen LogP contribution in [0.5, 0.6) is 0 Å². The SMILES string of the molecule is O=C(Cn1cncc(I)c1=O)c1cccc(Br)c1. The minimum atomic E-state index is -0.200. The van der Waals surface area contributed by atoms with E-state index < -0.39 is 0 Å². The average Bonchev–Trinajstić information content (AvgIpc) is 2.35. The van der Waals surface area contributed by atoms with E-state index in [9.17, 15) is 9.59 Å². The Balaban J connectivity index is 2.27. The summed E-state index contributed by atoms with van der Waals surface area (Å²) in [6.07, 6.45) is 2.85. The van der Waals surface area contributed by atoms with Crippen LogP contribution >= 0.6 is 38.5 Å². The minimum Gasteiger partial charge on any atom is -0.292 e. The molecule has 1 heterocycles. The summed E-state index contributed by atoms with van der Waals surface area (Å²) in [5.41, 5.74) is 0.365. The molecule has 92 valence electrons. The normalized spacial score (nSPS) is 10.3. The van der Waals surface area contributed by atoms with Crippen LogP contribution in [0, 0.1) is 3.57 Å². The molecule has 0 aliphatic heterocycles. The molecule has 18 heavy (non-hydrogen) atoms. The first-order valence-electron chi connectivity index (χ1n) is 5.06. The summed E-state index contributed by atoms with van der Waals surface area (Å²) in [7, 11) is 0. The molecule has 1 aromatic heterocycles. The molecule has 2 rings (SSSR count). The standard InChI is InChI=1S/C12H8BrIN2O2/c13-9-3-1-2-8(4-9)11(17)6-16-7-15-5-10(14)12(16)18/h1-5,7H,6H2. The van der Waals surface area contributed by atoms with Gasteiger partial charge in [-0.2, -0.15) is 0 Å². The van der Waals surface area contributed by atoms with Crippen molar-refractivity contribution in [2.24, 2.45) is 0 Å². The van der Waals surface area contributed by atoms with Gasteiger partial charge in [-0.1, -0.05) is 28.1 Å². The molecule has 4 nitrogen and oxygen atoms in total. The maximum atomic E-state index is 12.0. The Kier molecular flexibility index (Phi) is 4.28. The first kappa shape index (κ1) is 13.4. The van der Waals surface area contributed by atoms with Crippen molar-refractivity contribution < 1.29 is 4.79 Å². The number of benzene rings is 1. The topological polar surface area (TPSA) is 52.0 Å². The third kappa shape index (κ3) is 3.05. The van der Waals surface area contributed by atoms with Crippen molar-refractivity contribution in [2.45, 2.75) is 6.54 Å². The van der Waals surface area contributed by atoms with Gasteiger partial charge < -0.3 is 0 Å². The highest BCUT2D eigenvalue weighted by atomic mass is 127. The minimum absolute atomic E-state index is 0.000865. The Hall–Kier alpha value is -1.02. The highest BCUT2D eigenvalue weighted by Crippen LogP contribution is 2.12. The Bertz CT molecular complexity index is 655. The summed E-state index contributed by atoms with van der Waals surface area (Å²) in [4.78, 5) is 27.7. The van der Waals surface area contributed by atoms with Crippen LogP contribution in [0.3, 0.4) is 0 Å². The van der Waals surface area contributed by atoms with E-state index in [0.717, 1.165) is 4.47 Å². The van der Waals surface area contributed by atoms with Crippen molar-refractivity contribution in [2.75, 3.05) is 0 Å². The molecule has 0 N–H and O–H groups in total. The number of nitrogens with zero attached hydrogens (tertiary/aromatic N) is 2. The van der Waals surface area contributed by atoms with Gasteiger partial charge in [0.15, 0.2) is 5.78 Å². The van der Waals surface area contributed by atoms with Gasteiger partial charge in [0.25, 0.3) is 5.56 Å². The van der Waals surface area contributed by atoms with Crippen molar-refractivity contribution >= 4 is 44.3 Å². The van der Waals surface area contributed by atoms with Gasteiger partial charge in [0.2, 0.25) is 0 Å². The van der Waals surface area contributed by atoms with Crippen molar-refractivity contribution in [3.05, 3.63) is 60.7 Å². The molecule has 0 unspecified atom stereocenters. The molecule has 6 heteroatoms. The lowest BCUT2D eigenvalue weighted by molar-refractivity contribution is 0.0970. The first-order chi connectivity index (χ1) is 8.58. The molecule has 0 bridgehead atoms. The number of hydrogen-bond donors (Lipinski definition) is 0. The summed E-state index contributed by atoms with van der Waals surface area (Å²) in [6, 6.07) is 7.08. The zero-order valence-electron chi connectivity index (χ0n) is 9.14. The quantitative estimate of drug-likeness (QED) is 0.568. The van der Waals surface area contributed by atoms with Crippen LogP contribution in [0.25, 0.3) is 0 Å². The van der Waals surface area contributed by atoms with Gasteiger partial charge in [0.05, 0.1) is 16.4 Å². The molecule has 0 aliphatic rings. The fourth-order valence-corrected chi connectivity index (χ4v) is 2.31. The number of aromatic nitrogens is 2. The highest BCUT2D eigenvalue weighted by molar-refractivity contribution is 14.1. The van der Waals surface area contributed by atoms with Gasteiger partial charge in [0.1, 0.15) is 0 Å². The van der Waals surface area contributed by atoms with Crippen molar-refractivity contribution in [1.82, 2.24) is 9.55 Å². The third-order valence-electron chi connectivity index (χ3n) is 2.32. The predicted molar refractivity (Wildman–Crippen MR) is 79.7 cm³/mol. The van der Waals surface area contributed by atoms with Crippen LogP contribution in [0.2, 0.25) is 0 Å². The first-order valence-corrected chi connectivity index (χ1v) is 6.94. The molecule has 0 saturated carbocycles. The highest BCUT2D eigenvalue weighted by Gasteiger charge is 2.09. The number of carbonyl (C=O) groups is 1. The van der Waals surface area contributed by atoms with Crippen LogP contribution in [0.15, 0.2) is 46.1 Å². The van der Waals surface area contributed by atoms with Gasteiger partial charge in [0, 0.05) is 16.2 Å². The van der Waals surface area contributed by atoms with Crippen LogP contribution < -0.4 is 5.56 Å². The monoisotopic (exact) mass is 418 g/mol. The number of rotatable bonds is 3. The fourth-order valence-electron chi connectivity index (χ4n) is 1.44. The van der Waals surface area contributed by atoms with Crippen LogP contribution in [0.1, 0.15) is 10.4 Å². The average molecular weight is 419 g/mol. The number of carbonyl (C=O) groups excluding carboxylic acids is 1. The molecule has 0 saturated heterocycles. The lowest BCUT2D eigenvalue weighted by Gasteiger charge is -2.05. The summed E-state index contributed by atoms with van der Waals surface area (Å²) >= 11 is 5.21. The predicted octanol–water partition coefficient (Wildman–Crippen LogP) is 2.49. The number of Topliss-reactive ketones (excluding diaryl/α,β-unsaturated/α-hetero) is 1. The van der Waals surface area contributed by atoms with Crippen LogP contribution in [0.4, 0.5) is 0 Å². The van der Waals surface area contributed by atoms with Crippen LogP contribution in [-0.4, -0.2) is 15.3 Å². The zero-order chi connectivity index (χ0) is 13.1. The lowest BCUT2D eigenvalue weighted by Crippen LogP contribution is -2.26. The summed E-state index contributed by atoms with van der Waals surface area (Å²) in [5.74, 6) is -0.123. The van der Waals surface area contributed by atoms with E-state index in [1.807, 2.05) is 28.7 Å². The second-order valence-electron chi connectivity index (χ2n) is 3.61. The smallest absolute Gasteiger partial charge is 0.267 e. The maximum absolute atomic E-state index is 12.0. The zero-order valence-corrected chi connectivity index (χ0v) is 12.9.